The van der Waals surface area contributed by atoms with Crippen molar-refractivity contribution in [1.29, 1.82) is 0 Å². The monoisotopic (exact) mass is 268 g/mol. The quantitative estimate of drug-likeness (QED) is 0.904. The lowest BCUT2D eigenvalue weighted by Gasteiger charge is -2.16. The molecule has 18 heavy (non-hydrogen) atoms. The second-order valence-corrected chi connectivity index (χ2v) is 7.07. The Balaban J connectivity index is 2.25. The van der Waals surface area contributed by atoms with Crippen LogP contribution in [0.2, 0.25) is 0 Å². The Hall–Kier alpha value is -0.910. The first-order valence-corrected chi connectivity index (χ1v) is 7.71. The van der Waals surface area contributed by atoms with E-state index < -0.39 is 10.0 Å². The van der Waals surface area contributed by atoms with Crippen LogP contribution in [0.1, 0.15) is 31.7 Å². The van der Waals surface area contributed by atoms with Crippen LogP contribution in [0.3, 0.4) is 0 Å². The average molecular weight is 268 g/mol. The molecule has 0 radical (unpaired) electrons. The number of hydrogen-bond donors (Lipinski definition) is 1. The minimum absolute atomic E-state index is 0.0327. The summed E-state index contributed by atoms with van der Waals surface area (Å²) in [4.78, 5) is 0.362. The second kappa shape index (κ2) is 4.99. The van der Waals surface area contributed by atoms with Gasteiger partial charge in [0.25, 0.3) is 0 Å². The molecule has 0 unspecified atom stereocenters. The molecule has 1 aliphatic heterocycles. The van der Waals surface area contributed by atoms with Crippen molar-refractivity contribution in [3.8, 4) is 0 Å². The van der Waals surface area contributed by atoms with Gasteiger partial charge in [0.05, 0.1) is 4.90 Å². The highest BCUT2D eigenvalue weighted by Crippen LogP contribution is 2.22. The Labute approximate surface area is 109 Å². The number of benzene rings is 1. The minimum atomic E-state index is -3.36. The van der Waals surface area contributed by atoms with Crippen molar-refractivity contribution in [2.24, 2.45) is 5.73 Å². The topological polar surface area (TPSA) is 63.4 Å². The van der Waals surface area contributed by atoms with Gasteiger partial charge in [-0.2, -0.15) is 4.31 Å². The van der Waals surface area contributed by atoms with Crippen LogP contribution < -0.4 is 5.73 Å². The number of nitrogens with two attached hydrogens (primary N) is 1. The van der Waals surface area contributed by atoms with Gasteiger partial charge >= 0.3 is 0 Å². The van der Waals surface area contributed by atoms with E-state index >= 15 is 0 Å². The van der Waals surface area contributed by atoms with E-state index in [1.165, 1.54) is 4.31 Å². The first kappa shape index (κ1) is 13.5. The Morgan fingerprint density at radius 1 is 1.28 bits per heavy atom. The standard InChI is InChI=1S/C13H20N2O2S/c1-10(2)11-3-5-13(6-4-11)18(16,17)15-8-7-12(14)9-15/h3-6,10,12H,7-9,14H2,1-2H3/t12-/m0/s1. The van der Waals surface area contributed by atoms with Crippen LogP contribution in [0.5, 0.6) is 0 Å². The van der Waals surface area contributed by atoms with Crippen molar-refractivity contribution < 1.29 is 8.42 Å². The molecule has 0 saturated carbocycles. The zero-order valence-electron chi connectivity index (χ0n) is 10.8. The largest absolute Gasteiger partial charge is 0.326 e. The van der Waals surface area contributed by atoms with Crippen LogP contribution in [0.25, 0.3) is 0 Å². The zero-order chi connectivity index (χ0) is 13.3. The first-order valence-electron chi connectivity index (χ1n) is 6.27. The molecule has 2 N–H and O–H groups in total. The molecular formula is C13H20N2O2S. The van der Waals surface area contributed by atoms with Gasteiger partial charge in [-0.05, 0) is 30.0 Å². The van der Waals surface area contributed by atoms with Crippen LogP contribution in [0.4, 0.5) is 0 Å². The lowest BCUT2D eigenvalue weighted by Crippen LogP contribution is -2.31. The third-order valence-corrected chi connectivity index (χ3v) is 5.25. The molecule has 1 aromatic carbocycles. The molecule has 1 heterocycles. The first-order chi connectivity index (χ1) is 8.41. The van der Waals surface area contributed by atoms with E-state index in [4.69, 9.17) is 5.73 Å². The van der Waals surface area contributed by atoms with Gasteiger partial charge in [0.2, 0.25) is 10.0 Å². The molecule has 0 bridgehead atoms. The molecule has 0 aromatic heterocycles. The maximum Gasteiger partial charge on any atom is 0.243 e. The van der Waals surface area contributed by atoms with Crippen LogP contribution in [-0.4, -0.2) is 31.9 Å². The van der Waals surface area contributed by atoms with Crippen LogP contribution in [0, 0.1) is 0 Å². The highest BCUT2D eigenvalue weighted by molar-refractivity contribution is 7.89. The molecule has 5 heteroatoms. The molecule has 1 aliphatic rings. The maximum atomic E-state index is 12.3. The van der Waals surface area contributed by atoms with Crippen molar-refractivity contribution in [2.75, 3.05) is 13.1 Å². The number of nitrogens with zero attached hydrogens (tertiary/aromatic N) is 1. The van der Waals surface area contributed by atoms with Gasteiger partial charge in [0, 0.05) is 19.1 Å². The summed E-state index contributed by atoms with van der Waals surface area (Å²) in [5.41, 5.74) is 6.90. The van der Waals surface area contributed by atoms with Crippen LogP contribution in [0.15, 0.2) is 29.2 Å². The fourth-order valence-electron chi connectivity index (χ4n) is 2.15. The second-order valence-electron chi connectivity index (χ2n) is 5.14. The summed E-state index contributed by atoms with van der Waals surface area (Å²) in [5, 5.41) is 0. The fraction of sp³-hybridized carbons (Fsp3) is 0.538. The van der Waals surface area contributed by atoms with E-state index in [0.29, 0.717) is 23.9 Å². The van der Waals surface area contributed by atoms with E-state index in [9.17, 15) is 8.42 Å². The summed E-state index contributed by atoms with van der Waals surface area (Å²) in [6.07, 6.45) is 0.739. The van der Waals surface area contributed by atoms with Gasteiger partial charge in [-0.15, -0.1) is 0 Å². The minimum Gasteiger partial charge on any atom is -0.326 e. The molecule has 1 fully saturated rings. The van der Waals surface area contributed by atoms with Gasteiger partial charge in [-0.25, -0.2) is 8.42 Å². The Morgan fingerprint density at radius 2 is 1.89 bits per heavy atom. The molecule has 2 rings (SSSR count). The Kier molecular flexibility index (Phi) is 3.75. The van der Waals surface area contributed by atoms with E-state index in [1.807, 2.05) is 12.1 Å². The molecule has 1 atom stereocenters. The Bertz CT molecular complexity index is 508. The van der Waals surface area contributed by atoms with Gasteiger partial charge in [-0.3, -0.25) is 0 Å². The number of rotatable bonds is 3. The molecule has 1 aromatic rings. The fourth-order valence-corrected chi connectivity index (χ4v) is 3.66. The van der Waals surface area contributed by atoms with Crippen molar-refractivity contribution in [3.63, 3.8) is 0 Å². The molecule has 1 saturated heterocycles. The summed E-state index contributed by atoms with van der Waals surface area (Å²) in [6.45, 7) is 5.12. The van der Waals surface area contributed by atoms with Crippen molar-refractivity contribution in [3.05, 3.63) is 29.8 Å². The maximum absolute atomic E-state index is 12.3. The summed E-state index contributed by atoms with van der Waals surface area (Å²) in [6, 6.07) is 7.11. The van der Waals surface area contributed by atoms with Gasteiger partial charge in [0.1, 0.15) is 0 Å². The number of hydrogen-bond acceptors (Lipinski definition) is 3. The summed E-state index contributed by atoms with van der Waals surface area (Å²) in [7, 11) is -3.36. The van der Waals surface area contributed by atoms with E-state index in [-0.39, 0.29) is 6.04 Å². The van der Waals surface area contributed by atoms with Gasteiger partial charge in [0.15, 0.2) is 0 Å². The molecule has 0 aliphatic carbocycles. The highest BCUT2D eigenvalue weighted by Gasteiger charge is 2.30. The van der Waals surface area contributed by atoms with Gasteiger partial charge < -0.3 is 5.73 Å². The average Bonchev–Trinajstić information content (AvgIpc) is 2.76. The summed E-state index contributed by atoms with van der Waals surface area (Å²) < 4.78 is 26.1. The molecule has 0 spiro atoms. The smallest absolute Gasteiger partial charge is 0.243 e. The van der Waals surface area contributed by atoms with Crippen LogP contribution in [-0.2, 0) is 10.0 Å². The third kappa shape index (κ3) is 2.58. The normalized spacial score (nSPS) is 21.7. The predicted molar refractivity (Wildman–Crippen MR) is 71.9 cm³/mol. The van der Waals surface area contributed by atoms with Crippen molar-refractivity contribution in [2.45, 2.75) is 37.1 Å². The van der Waals surface area contributed by atoms with Crippen molar-refractivity contribution >= 4 is 10.0 Å². The Morgan fingerprint density at radius 3 is 2.33 bits per heavy atom. The molecular weight excluding hydrogens is 248 g/mol. The molecule has 100 valence electrons. The van der Waals surface area contributed by atoms with Gasteiger partial charge in [-0.1, -0.05) is 26.0 Å². The van der Waals surface area contributed by atoms with E-state index in [0.717, 1.165) is 12.0 Å². The van der Waals surface area contributed by atoms with E-state index in [1.54, 1.807) is 12.1 Å². The zero-order valence-corrected chi connectivity index (χ0v) is 11.7. The third-order valence-electron chi connectivity index (χ3n) is 3.37. The molecule has 4 nitrogen and oxygen atoms in total. The lowest BCUT2D eigenvalue weighted by molar-refractivity contribution is 0.472. The lowest BCUT2D eigenvalue weighted by atomic mass is 10.0. The van der Waals surface area contributed by atoms with Crippen LogP contribution >= 0.6 is 0 Å². The highest BCUT2D eigenvalue weighted by atomic mass is 32.2. The SMILES string of the molecule is CC(C)c1ccc(S(=O)(=O)N2CC[C@H](N)C2)cc1. The van der Waals surface area contributed by atoms with Crippen molar-refractivity contribution in [1.82, 2.24) is 4.31 Å². The number of sulfonamides is 1. The van der Waals surface area contributed by atoms with E-state index in [2.05, 4.69) is 13.8 Å². The summed E-state index contributed by atoms with van der Waals surface area (Å²) >= 11 is 0. The predicted octanol–water partition coefficient (Wildman–Crippen LogP) is 1.53. The molecule has 0 amide bonds. The summed E-state index contributed by atoms with van der Waals surface area (Å²) in [5.74, 6) is 0.405.